The molecule has 11 heavy (non-hydrogen) atoms. The molecular formula is C10H11N. The number of aryl methyl sites for hydroxylation is 1. The molecule has 0 aliphatic carbocycles. The van der Waals surface area contributed by atoms with Crippen LogP contribution < -0.4 is 0 Å². The Labute approximate surface area is 66.8 Å². The van der Waals surface area contributed by atoms with Crippen LogP contribution in [0.2, 0.25) is 0 Å². The van der Waals surface area contributed by atoms with Crippen molar-refractivity contribution in [1.29, 1.82) is 0 Å². The van der Waals surface area contributed by atoms with E-state index >= 15 is 0 Å². The largest absolute Gasteiger partial charge is 0.286 e. The van der Waals surface area contributed by atoms with E-state index in [2.05, 4.69) is 35.3 Å². The quantitative estimate of drug-likeness (QED) is 0.617. The van der Waals surface area contributed by atoms with E-state index in [9.17, 15) is 0 Å². The van der Waals surface area contributed by atoms with Crippen LogP contribution in [-0.4, -0.2) is 12.3 Å². The van der Waals surface area contributed by atoms with Gasteiger partial charge in [0.2, 0.25) is 0 Å². The molecule has 0 bridgehead atoms. The summed E-state index contributed by atoms with van der Waals surface area (Å²) in [6.45, 7) is 1.02. The molecule has 0 radical (unpaired) electrons. The van der Waals surface area contributed by atoms with Crippen molar-refractivity contribution in [3.8, 4) is 0 Å². The maximum atomic E-state index is 4.13. The van der Waals surface area contributed by atoms with Gasteiger partial charge in [0.05, 0.1) is 6.54 Å². The number of rotatable bonds is 3. The van der Waals surface area contributed by atoms with Gasteiger partial charge in [0.1, 0.15) is 0 Å². The lowest BCUT2D eigenvalue weighted by Crippen LogP contribution is -1.88. The predicted octanol–water partition coefficient (Wildman–Crippen LogP) is 2.07. The van der Waals surface area contributed by atoms with Gasteiger partial charge in [0.25, 0.3) is 0 Å². The molecule has 1 aliphatic rings. The Morgan fingerprint density at radius 2 is 1.82 bits per heavy atom. The zero-order valence-electron chi connectivity index (χ0n) is 6.46. The van der Waals surface area contributed by atoms with Crippen LogP contribution in [0.3, 0.4) is 0 Å². The summed E-state index contributed by atoms with van der Waals surface area (Å²) >= 11 is 0. The third-order valence-corrected chi connectivity index (χ3v) is 1.93. The van der Waals surface area contributed by atoms with Gasteiger partial charge in [-0.3, -0.25) is 4.99 Å². The average molecular weight is 145 g/mol. The summed E-state index contributed by atoms with van der Waals surface area (Å²) in [5.41, 5.74) is 2.80. The van der Waals surface area contributed by atoms with E-state index in [0.29, 0.717) is 0 Å². The molecule has 1 nitrogen and oxygen atoms in total. The van der Waals surface area contributed by atoms with E-state index in [4.69, 9.17) is 0 Å². The summed E-state index contributed by atoms with van der Waals surface area (Å²) in [5.74, 6) is 0. The Hall–Kier alpha value is -1.11. The van der Waals surface area contributed by atoms with Gasteiger partial charge in [0.15, 0.2) is 0 Å². The maximum absolute atomic E-state index is 4.13. The first-order chi connectivity index (χ1) is 5.45. The van der Waals surface area contributed by atoms with E-state index in [1.165, 1.54) is 11.3 Å². The molecule has 0 saturated carbocycles. The molecule has 0 N–H and O–H groups in total. The van der Waals surface area contributed by atoms with Crippen LogP contribution in [0.4, 0.5) is 0 Å². The topological polar surface area (TPSA) is 12.4 Å². The standard InChI is InChI=1S/C10H11N/c1-2-4-9(5-3-1)6-7-10-8-11-10/h1-5H,6-8H2. The van der Waals surface area contributed by atoms with Crippen molar-refractivity contribution < 1.29 is 0 Å². The summed E-state index contributed by atoms with van der Waals surface area (Å²) in [6.07, 6.45) is 2.31. The molecule has 56 valence electrons. The number of benzene rings is 1. The monoisotopic (exact) mass is 145 g/mol. The van der Waals surface area contributed by atoms with Crippen LogP contribution in [0, 0.1) is 0 Å². The van der Waals surface area contributed by atoms with Crippen molar-refractivity contribution in [1.82, 2.24) is 0 Å². The van der Waals surface area contributed by atoms with Crippen molar-refractivity contribution in [2.45, 2.75) is 12.8 Å². The van der Waals surface area contributed by atoms with Crippen LogP contribution in [0.25, 0.3) is 0 Å². The molecule has 0 saturated heterocycles. The molecule has 1 heteroatoms. The minimum absolute atomic E-state index is 1.02. The molecule has 1 aliphatic heterocycles. The van der Waals surface area contributed by atoms with E-state index in [-0.39, 0.29) is 0 Å². The van der Waals surface area contributed by atoms with Crippen molar-refractivity contribution in [3.05, 3.63) is 35.9 Å². The van der Waals surface area contributed by atoms with Gasteiger partial charge in [-0.1, -0.05) is 30.3 Å². The molecule has 0 spiro atoms. The molecule has 1 aromatic carbocycles. The highest BCUT2D eigenvalue weighted by Crippen LogP contribution is 2.08. The zero-order chi connectivity index (χ0) is 7.52. The highest BCUT2D eigenvalue weighted by Gasteiger charge is 2.08. The van der Waals surface area contributed by atoms with Crippen molar-refractivity contribution >= 4 is 5.71 Å². The number of aliphatic imine (C=N–C) groups is 1. The van der Waals surface area contributed by atoms with Gasteiger partial charge in [-0.25, -0.2) is 0 Å². The van der Waals surface area contributed by atoms with Gasteiger partial charge >= 0.3 is 0 Å². The molecule has 1 aromatic rings. The summed E-state index contributed by atoms with van der Waals surface area (Å²) in [5, 5.41) is 0. The Balaban J connectivity index is 1.90. The first-order valence-corrected chi connectivity index (χ1v) is 4.01. The minimum Gasteiger partial charge on any atom is -0.286 e. The molecule has 0 aromatic heterocycles. The van der Waals surface area contributed by atoms with Gasteiger partial charge in [-0.2, -0.15) is 0 Å². The number of hydrogen-bond donors (Lipinski definition) is 0. The zero-order valence-corrected chi connectivity index (χ0v) is 6.46. The fraction of sp³-hybridized carbons (Fsp3) is 0.300. The third-order valence-electron chi connectivity index (χ3n) is 1.93. The van der Waals surface area contributed by atoms with Crippen molar-refractivity contribution in [2.24, 2.45) is 4.99 Å². The van der Waals surface area contributed by atoms with Crippen LogP contribution in [0.15, 0.2) is 35.3 Å². The van der Waals surface area contributed by atoms with Gasteiger partial charge in [-0.15, -0.1) is 0 Å². The van der Waals surface area contributed by atoms with Crippen LogP contribution in [-0.2, 0) is 6.42 Å². The highest BCUT2D eigenvalue weighted by atomic mass is 14.9. The molecular weight excluding hydrogens is 134 g/mol. The lowest BCUT2D eigenvalue weighted by Gasteiger charge is -1.95. The van der Waals surface area contributed by atoms with Crippen LogP contribution in [0.1, 0.15) is 12.0 Å². The lowest BCUT2D eigenvalue weighted by molar-refractivity contribution is 1.05. The maximum Gasteiger partial charge on any atom is 0.0768 e. The van der Waals surface area contributed by atoms with E-state index in [1.807, 2.05) is 0 Å². The Kier molecular flexibility index (Phi) is 1.72. The van der Waals surface area contributed by atoms with Crippen LogP contribution >= 0.6 is 0 Å². The van der Waals surface area contributed by atoms with Crippen LogP contribution in [0.5, 0.6) is 0 Å². The fourth-order valence-corrected chi connectivity index (χ4v) is 1.15. The molecule has 2 rings (SSSR count). The van der Waals surface area contributed by atoms with Crippen molar-refractivity contribution in [3.63, 3.8) is 0 Å². The predicted molar refractivity (Wildman–Crippen MR) is 47.1 cm³/mol. The second-order valence-electron chi connectivity index (χ2n) is 2.87. The SMILES string of the molecule is c1ccc(CCC2=NC2)cc1. The summed E-state index contributed by atoms with van der Waals surface area (Å²) in [6, 6.07) is 10.6. The van der Waals surface area contributed by atoms with Gasteiger partial charge < -0.3 is 0 Å². The smallest absolute Gasteiger partial charge is 0.0768 e. The fourth-order valence-electron chi connectivity index (χ4n) is 1.15. The molecule has 0 fully saturated rings. The summed E-state index contributed by atoms with van der Waals surface area (Å²) in [7, 11) is 0. The Morgan fingerprint density at radius 1 is 1.09 bits per heavy atom. The van der Waals surface area contributed by atoms with Gasteiger partial charge in [-0.05, 0) is 18.4 Å². The molecule has 0 unspecified atom stereocenters. The summed E-state index contributed by atoms with van der Waals surface area (Å²) < 4.78 is 0. The van der Waals surface area contributed by atoms with E-state index < -0.39 is 0 Å². The normalized spacial score (nSPS) is 14.4. The highest BCUT2D eigenvalue weighted by molar-refractivity contribution is 5.96. The van der Waals surface area contributed by atoms with Crippen molar-refractivity contribution in [2.75, 3.05) is 6.54 Å². The van der Waals surface area contributed by atoms with Gasteiger partial charge in [0, 0.05) is 5.71 Å². The third kappa shape index (κ3) is 1.90. The molecule has 0 atom stereocenters. The first-order valence-electron chi connectivity index (χ1n) is 4.01. The number of nitrogens with zero attached hydrogens (tertiary/aromatic N) is 1. The minimum atomic E-state index is 1.02. The number of hydrogen-bond acceptors (Lipinski definition) is 1. The Bertz CT molecular complexity index is 261. The summed E-state index contributed by atoms with van der Waals surface area (Å²) in [4.78, 5) is 4.13. The van der Waals surface area contributed by atoms with E-state index in [0.717, 1.165) is 19.4 Å². The second-order valence-corrected chi connectivity index (χ2v) is 2.87. The average Bonchev–Trinajstić information content (AvgIpc) is 2.86. The first kappa shape index (κ1) is 6.59. The Morgan fingerprint density at radius 3 is 2.45 bits per heavy atom. The lowest BCUT2D eigenvalue weighted by atomic mass is 10.1. The molecule has 0 amide bonds. The van der Waals surface area contributed by atoms with E-state index in [1.54, 1.807) is 0 Å². The second kappa shape index (κ2) is 2.87. The molecule has 1 heterocycles.